The summed E-state index contributed by atoms with van der Waals surface area (Å²) < 4.78 is 3.75. The van der Waals surface area contributed by atoms with Crippen molar-refractivity contribution in [3.05, 3.63) is 52.6 Å². The first-order valence-corrected chi connectivity index (χ1v) is 10.1. The number of anilines is 1. The Balaban J connectivity index is 1.69. The smallest absolute Gasteiger partial charge is 0.259 e. The van der Waals surface area contributed by atoms with Gasteiger partial charge in [-0.05, 0) is 31.9 Å². The van der Waals surface area contributed by atoms with Gasteiger partial charge in [0.15, 0.2) is 0 Å². The van der Waals surface area contributed by atoms with Crippen LogP contribution in [0, 0.1) is 6.92 Å². The molecule has 0 saturated carbocycles. The quantitative estimate of drug-likeness (QED) is 0.613. The number of imidazole rings is 1. The second-order valence-electron chi connectivity index (χ2n) is 7.47. The Morgan fingerprint density at radius 3 is 2.57 bits per heavy atom. The normalized spacial score (nSPS) is 14.4. The SMILES string of the molecule is CCCCCn1c(C)cc(=O)n2cc(-c3ccc(N4CCCC4=O)cc3)nc12. The van der Waals surface area contributed by atoms with Crippen LogP contribution in [0.25, 0.3) is 17.0 Å². The van der Waals surface area contributed by atoms with Crippen molar-refractivity contribution < 1.29 is 4.79 Å². The second kappa shape index (κ2) is 7.62. The lowest BCUT2D eigenvalue weighted by Crippen LogP contribution is -2.23. The predicted molar refractivity (Wildman–Crippen MR) is 111 cm³/mol. The Morgan fingerprint density at radius 1 is 1.11 bits per heavy atom. The monoisotopic (exact) mass is 378 g/mol. The van der Waals surface area contributed by atoms with E-state index in [0.29, 0.717) is 12.2 Å². The highest BCUT2D eigenvalue weighted by Gasteiger charge is 2.21. The van der Waals surface area contributed by atoms with Crippen LogP contribution in [0.2, 0.25) is 0 Å². The summed E-state index contributed by atoms with van der Waals surface area (Å²) in [7, 11) is 0. The Kier molecular flexibility index (Phi) is 5.03. The molecule has 1 aromatic carbocycles. The average Bonchev–Trinajstić information content (AvgIpc) is 3.31. The molecule has 3 heterocycles. The maximum absolute atomic E-state index is 12.5. The molecule has 0 spiro atoms. The lowest BCUT2D eigenvalue weighted by atomic mass is 10.1. The number of hydrogen-bond acceptors (Lipinski definition) is 3. The van der Waals surface area contributed by atoms with E-state index in [0.717, 1.165) is 61.4 Å². The van der Waals surface area contributed by atoms with Crippen molar-refractivity contribution in [1.82, 2.24) is 14.0 Å². The second-order valence-corrected chi connectivity index (χ2v) is 7.47. The molecule has 1 aliphatic rings. The lowest BCUT2D eigenvalue weighted by Gasteiger charge is -2.15. The van der Waals surface area contributed by atoms with Gasteiger partial charge >= 0.3 is 0 Å². The van der Waals surface area contributed by atoms with E-state index in [1.807, 2.05) is 42.3 Å². The van der Waals surface area contributed by atoms with E-state index >= 15 is 0 Å². The van der Waals surface area contributed by atoms with Gasteiger partial charge in [0.05, 0.1) is 5.69 Å². The molecule has 1 saturated heterocycles. The molecule has 1 amide bonds. The van der Waals surface area contributed by atoms with Crippen LogP contribution in [0.4, 0.5) is 5.69 Å². The largest absolute Gasteiger partial charge is 0.315 e. The highest BCUT2D eigenvalue weighted by atomic mass is 16.2. The molecular formula is C22H26N4O2. The van der Waals surface area contributed by atoms with E-state index in [4.69, 9.17) is 4.98 Å². The Hall–Kier alpha value is -2.89. The first kappa shape index (κ1) is 18.5. The van der Waals surface area contributed by atoms with E-state index in [1.165, 1.54) is 0 Å². The first-order chi connectivity index (χ1) is 13.6. The van der Waals surface area contributed by atoms with Crippen LogP contribution in [-0.4, -0.2) is 26.4 Å². The molecule has 1 fully saturated rings. The highest BCUT2D eigenvalue weighted by molar-refractivity contribution is 5.95. The van der Waals surface area contributed by atoms with Gasteiger partial charge in [0.25, 0.3) is 5.56 Å². The summed E-state index contributed by atoms with van der Waals surface area (Å²) in [6.45, 7) is 5.78. The molecule has 2 aromatic heterocycles. The standard InChI is InChI=1S/C22H26N4O2/c1-3-4-5-12-24-16(2)14-21(28)26-15-19(23-22(24)26)17-8-10-18(11-9-17)25-13-6-7-20(25)27/h8-11,14-15H,3-7,12-13H2,1-2H3. The van der Waals surface area contributed by atoms with Crippen molar-refractivity contribution in [2.24, 2.45) is 0 Å². The third-order valence-electron chi connectivity index (χ3n) is 5.46. The average molecular weight is 378 g/mol. The molecule has 0 aliphatic carbocycles. The van der Waals surface area contributed by atoms with Crippen LogP contribution in [0.5, 0.6) is 0 Å². The zero-order chi connectivity index (χ0) is 19.7. The Labute approximate surface area is 164 Å². The van der Waals surface area contributed by atoms with Gasteiger partial charge in [-0.1, -0.05) is 31.9 Å². The van der Waals surface area contributed by atoms with Crippen LogP contribution in [0.3, 0.4) is 0 Å². The number of carbonyl (C=O) groups is 1. The van der Waals surface area contributed by atoms with E-state index in [2.05, 4.69) is 11.5 Å². The summed E-state index contributed by atoms with van der Waals surface area (Å²) in [6.07, 6.45) is 6.72. The predicted octanol–water partition coefficient (Wildman–Crippen LogP) is 3.79. The number of rotatable bonds is 6. The minimum atomic E-state index is -0.0581. The molecule has 1 aliphatic heterocycles. The highest BCUT2D eigenvalue weighted by Crippen LogP contribution is 2.25. The molecule has 0 atom stereocenters. The molecule has 0 N–H and O–H groups in total. The molecule has 6 heteroatoms. The fourth-order valence-corrected chi connectivity index (χ4v) is 3.88. The number of unbranched alkanes of at least 4 members (excludes halogenated alkanes) is 2. The summed E-state index contributed by atoms with van der Waals surface area (Å²) in [5.41, 5.74) is 3.51. The van der Waals surface area contributed by atoms with Gasteiger partial charge in [-0.15, -0.1) is 0 Å². The third-order valence-corrected chi connectivity index (χ3v) is 5.46. The number of fused-ring (bicyclic) bond motifs is 1. The topological polar surface area (TPSA) is 59.6 Å². The molecule has 0 bridgehead atoms. The minimum Gasteiger partial charge on any atom is -0.315 e. The van der Waals surface area contributed by atoms with Gasteiger partial charge in [0.1, 0.15) is 0 Å². The van der Waals surface area contributed by atoms with Crippen molar-refractivity contribution in [2.45, 2.75) is 52.5 Å². The number of nitrogens with zero attached hydrogens (tertiary/aromatic N) is 4. The summed E-state index contributed by atoms with van der Waals surface area (Å²) in [5, 5.41) is 0. The van der Waals surface area contributed by atoms with E-state index in [-0.39, 0.29) is 11.5 Å². The van der Waals surface area contributed by atoms with E-state index in [1.54, 1.807) is 10.5 Å². The van der Waals surface area contributed by atoms with Gasteiger partial charge in [-0.25, -0.2) is 4.98 Å². The van der Waals surface area contributed by atoms with Crippen LogP contribution >= 0.6 is 0 Å². The molecule has 4 rings (SSSR count). The fourth-order valence-electron chi connectivity index (χ4n) is 3.88. The summed E-state index contributed by atoms with van der Waals surface area (Å²) >= 11 is 0. The van der Waals surface area contributed by atoms with Crippen LogP contribution in [-0.2, 0) is 11.3 Å². The van der Waals surface area contributed by atoms with Gasteiger partial charge in [-0.3, -0.25) is 14.0 Å². The van der Waals surface area contributed by atoms with Crippen molar-refractivity contribution in [3.63, 3.8) is 0 Å². The molecule has 6 nitrogen and oxygen atoms in total. The van der Waals surface area contributed by atoms with Gasteiger partial charge in [0, 0.05) is 48.7 Å². The molecular weight excluding hydrogens is 352 g/mol. The Bertz CT molecular complexity index is 1060. The van der Waals surface area contributed by atoms with Crippen LogP contribution in [0.1, 0.15) is 44.7 Å². The zero-order valence-corrected chi connectivity index (χ0v) is 16.5. The number of aromatic nitrogens is 3. The number of aryl methyl sites for hydroxylation is 2. The maximum atomic E-state index is 12.5. The van der Waals surface area contributed by atoms with E-state index < -0.39 is 0 Å². The summed E-state index contributed by atoms with van der Waals surface area (Å²) in [6, 6.07) is 9.54. The van der Waals surface area contributed by atoms with Gasteiger partial charge in [0.2, 0.25) is 11.7 Å². The van der Waals surface area contributed by atoms with Crippen molar-refractivity contribution in [3.8, 4) is 11.3 Å². The maximum Gasteiger partial charge on any atom is 0.259 e. The molecule has 3 aromatic rings. The molecule has 28 heavy (non-hydrogen) atoms. The first-order valence-electron chi connectivity index (χ1n) is 10.1. The zero-order valence-electron chi connectivity index (χ0n) is 16.5. The number of benzene rings is 1. The van der Waals surface area contributed by atoms with Crippen molar-refractivity contribution >= 4 is 17.4 Å². The van der Waals surface area contributed by atoms with Gasteiger partial charge in [-0.2, -0.15) is 0 Å². The van der Waals surface area contributed by atoms with Crippen LogP contribution < -0.4 is 10.5 Å². The lowest BCUT2D eigenvalue weighted by molar-refractivity contribution is -0.117. The van der Waals surface area contributed by atoms with E-state index in [9.17, 15) is 9.59 Å². The Morgan fingerprint density at radius 2 is 1.89 bits per heavy atom. The number of carbonyl (C=O) groups excluding carboxylic acids is 1. The number of amides is 1. The fraction of sp³-hybridized carbons (Fsp3) is 0.409. The van der Waals surface area contributed by atoms with Crippen molar-refractivity contribution in [2.75, 3.05) is 11.4 Å². The molecule has 146 valence electrons. The molecule has 0 radical (unpaired) electrons. The van der Waals surface area contributed by atoms with Crippen LogP contribution in [0.15, 0.2) is 41.3 Å². The minimum absolute atomic E-state index is 0.0581. The molecule has 0 unspecified atom stereocenters. The van der Waals surface area contributed by atoms with Crippen molar-refractivity contribution in [1.29, 1.82) is 0 Å². The third kappa shape index (κ3) is 3.35. The summed E-state index contributed by atoms with van der Waals surface area (Å²) in [5.74, 6) is 0.870. The number of hydrogen-bond donors (Lipinski definition) is 0. The summed E-state index contributed by atoms with van der Waals surface area (Å²) in [4.78, 5) is 31.0. The van der Waals surface area contributed by atoms with Gasteiger partial charge < -0.3 is 9.47 Å².